The van der Waals surface area contributed by atoms with E-state index in [1.807, 2.05) is 0 Å². The maximum absolute atomic E-state index is 11.5. The van der Waals surface area contributed by atoms with Crippen LogP contribution in [-0.4, -0.2) is 29.7 Å². The standard InChI is InChI=1S/C9H11NO2S/c11-8-2-1-3-10-9(12)7-5-13-4-6(7)8/h1-5H2,(H,10,12). The molecule has 2 rings (SSSR count). The summed E-state index contributed by atoms with van der Waals surface area (Å²) < 4.78 is 0. The molecule has 0 fully saturated rings. The Bertz CT molecular complexity index is 268. The molecule has 4 heteroatoms. The first-order valence-corrected chi connectivity index (χ1v) is 5.55. The van der Waals surface area contributed by atoms with Gasteiger partial charge in [-0.05, 0) is 6.42 Å². The van der Waals surface area contributed by atoms with E-state index in [-0.39, 0.29) is 11.7 Å². The topological polar surface area (TPSA) is 46.2 Å². The lowest BCUT2D eigenvalue weighted by atomic mass is 10.0. The molecule has 0 spiro atoms. The third kappa shape index (κ3) is 1.63. The minimum atomic E-state index is -0.0342. The summed E-state index contributed by atoms with van der Waals surface area (Å²) in [5, 5.41) is 2.81. The van der Waals surface area contributed by atoms with Gasteiger partial charge in [-0.3, -0.25) is 9.59 Å². The number of nitrogens with one attached hydrogen (secondary N) is 1. The van der Waals surface area contributed by atoms with Crippen molar-refractivity contribution in [2.45, 2.75) is 12.8 Å². The molecule has 2 heterocycles. The first-order valence-electron chi connectivity index (χ1n) is 4.40. The number of carbonyl (C=O) groups excluding carboxylic acids is 2. The van der Waals surface area contributed by atoms with Gasteiger partial charge in [0.1, 0.15) is 0 Å². The molecule has 0 atom stereocenters. The molecule has 2 aliphatic heterocycles. The first kappa shape index (κ1) is 8.81. The van der Waals surface area contributed by atoms with Crippen LogP contribution < -0.4 is 5.32 Å². The van der Waals surface area contributed by atoms with Crippen LogP contribution in [0.3, 0.4) is 0 Å². The zero-order valence-electron chi connectivity index (χ0n) is 7.26. The van der Waals surface area contributed by atoms with Crippen molar-refractivity contribution in [2.24, 2.45) is 0 Å². The minimum absolute atomic E-state index is 0.0342. The van der Waals surface area contributed by atoms with E-state index in [9.17, 15) is 9.59 Å². The molecular formula is C9H11NO2S. The van der Waals surface area contributed by atoms with E-state index in [1.165, 1.54) is 0 Å². The van der Waals surface area contributed by atoms with Gasteiger partial charge in [0.25, 0.3) is 0 Å². The second-order valence-electron chi connectivity index (χ2n) is 3.23. The van der Waals surface area contributed by atoms with Crippen LogP contribution in [0.2, 0.25) is 0 Å². The van der Waals surface area contributed by atoms with Gasteiger partial charge in [-0.2, -0.15) is 11.8 Å². The Balaban J connectivity index is 2.32. The van der Waals surface area contributed by atoms with Gasteiger partial charge in [0, 0.05) is 35.6 Å². The molecule has 1 amide bonds. The molecule has 0 aromatic heterocycles. The molecule has 70 valence electrons. The fraction of sp³-hybridized carbons (Fsp3) is 0.556. The second-order valence-corrected chi connectivity index (χ2v) is 4.22. The Morgan fingerprint density at radius 1 is 1.15 bits per heavy atom. The molecule has 0 bridgehead atoms. The van der Waals surface area contributed by atoms with E-state index in [0.29, 0.717) is 18.7 Å². The summed E-state index contributed by atoms with van der Waals surface area (Å²) >= 11 is 1.65. The van der Waals surface area contributed by atoms with Crippen molar-refractivity contribution >= 4 is 23.5 Å². The number of ketones is 1. The molecular weight excluding hydrogens is 186 g/mol. The van der Waals surface area contributed by atoms with Crippen LogP contribution in [0.15, 0.2) is 11.1 Å². The number of amides is 1. The third-order valence-electron chi connectivity index (χ3n) is 2.33. The smallest absolute Gasteiger partial charge is 0.248 e. The van der Waals surface area contributed by atoms with Crippen molar-refractivity contribution in [2.75, 3.05) is 18.1 Å². The zero-order chi connectivity index (χ0) is 9.26. The maximum atomic E-state index is 11.5. The van der Waals surface area contributed by atoms with Gasteiger partial charge in [0.05, 0.1) is 0 Å². The van der Waals surface area contributed by atoms with Crippen LogP contribution in [-0.2, 0) is 9.59 Å². The Kier molecular flexibility index (Phi) is 2.40. The molecule has 0 aliphatic carbocycles. The number of carbonyl (C=O) groups is 2. The molecule has 3 nitrogen and oxygen atoms in total. The fourth-order valence-electron chi connectivity index (χ4n) is 1.59. The van der Waals surface area contributed by atoms with Crippen LogP contribution in [0.4, 0.5) is 0 Å². The summed E-state index contributed by atoms with van der Waals surface area (Å²) in [7, 11) is 0. The van der Waals surface area contributed by atoms with E-state index in [4.69, 9.17) is 0 Å². The van der Waals surface area contributed by atoms with Crippen molar-refractivity contribution in [1.29, 1.82) is 0 Å². The molecule has 0 saturated heterocycles. The number of hydrogen-bond acceptors (Lipinski definition) is 3. The summed E-state index contributed by atoms with van der Waals surface area (Å²) in [6.07, 6.45) is 1.35. The highest BCUT2D eigenvalue weighted by Gasteiger charge is 2.26. The van der Waals surface area contributed by atoms with Gasteiger partial charge < -0.3 is 5.32 Å². The molecule has 0 radical (unpaired) electrons. The van der Waals surface area contributed by atoms with Crippen molar-refractivity contribution < 1.29 is 9.59 Å². The van der Waals surface area contributed by atoms with E-state index in [2.05, 4.69) is 5.32 Å². The summed E-state index contributed by atoms with van der Waals surface area (Å²) in [5.41, 5.74) is 1.48. The number of rotatable bonds is 0. The van der Waals surface area contributed by atoms with Crippen molar-refractivity contribution in [3.8, 4) is 0 Å². The lowest BCUT2D eigenvalue weighted by molar-refractivity contribution is -0.120. The third-order valence-corrected chi connectivity index (χ3v) is 3.32. The summed E-state index contributed by atoms with van der Waals surface area (Å²) in [4.78, 5) is 23.0. The fourth-order valence-corrected chi connectivity index (χ4v) is 2.74. The second kappa shape index (κ2) is 3.54. The number of thioether (sulfide) groups is 1. The Labute approximate surface area is 81.0 Å². The predicted molar refractivity (Wildman–Crippen MR) is 51.6 cm³/mol. The molecule has 1 N–H and O–H groups in total. The normalized spacial score (nSPS) is 23.7. The van der Waals surface area contributed by atoms with Crippen LogP contribution in [0.1, 0.15) is 12.8 Å². The van der Waals surface area contributed by atoms with E-state index >= 15 is 0 Å². The molecule has 2 aliphatic rings. The van der Waals surface area contributed by atoms with Gasteiger partial charge in [-0.25, -0.2) is 0 Å². The van der Waals surface area contributed by atoms with Gasteiger partial charge in [-0.1, -0.05) is 0 Å². The Morgan fingerprint density at radius 2 is 1.92 bits per heavy atom. The van der Waals surface area contributed by atoms with Crippen LogP contribution in [0.25, 0.3) is 0 Å². The Hall–Kier alpha value is -0.770. The molecule has 0 aromatic rings. The van der Waals surface area contributed by atoms with Crippen LogP contribution in [0, 0.1) is 0 Å². The zero-order valence-corrected chi connectivity index (χ0v) is 8.08. The van der Waals surface area contributed by atoms with Crippen LogP contribution >= 0.6 is 11.8 Å². The SMILES string of the molecule is O=C1CCCNC(=O)C2=C1CSC2. The average molecular weight is 197 g/mol. The quantitative estimate of drug-likeness (QED) is 0.615. The van der Waals surface area contributed by atoms with Gasteiger partial charge in [-0.15, -0.1) is 0 Å². The lowest BCUT2D eigenvalue weighted by Gasteiger charge is -2.11. The largest absolute Gasteiger partial charge is 0.352 e. The Morgan fingerprint density at radius 3 is 2.77 bits per heavy atom. The molecule has 13 heavy (non-hydrogen) atoms. The van der Waals surface area contributed by atoms with Crippen molar-refractivity contribution in [3.63, 3.8) is 0 Å². The van der Waals surface area contributed by atoms with Gasteiger partial charge in [0.15, 0.2) is 5.78 Å². The molecule has 0 saturated carbocycles. The predicted octanol–water partition coefficient (Wildman–Crippen LogP) is 0.509. The van der Waals surface area contributed by atoms with E-state index in [1.54, 1.807) is 11.8 Å². The van der Waals surface area contributed by atoms with E-state index in [0.717, 1.165) is 23.3 Å². The van der Waals surface area contributed by atoms with Crippen LogP contribution in [0.5, 0.6) is 0 Å². The van der Waals surface area contributed by atoms with Gasteiger partial charge in [0.2, 0.25) is 5.91 Å². The lowest BCUT2D eigenvalue weighted by Crippen LogP contribution is -2.30. The van der Waals surface area contributed by atoms with Crippen molar-refractivity contribution in [1.82, 2.24) is 5.32 Å². The highest BCUT2D eigenvalue weighted by molar-refractivity contribution is 8.00. The molecule has 0 unspecified atom stereocenters. The number of Topliss-reactive ketones (excluding diaryl/α,β-unsaturated/α-hetero) is 1. The minimum Gasteiger partial charge on any atom is -0.352 e. The van der Waals surface area contributed by atoms with Gasteiger partial charge >= 0.3 is 0 Å². The first-order chi connectivity index (χ1) is 6.29. The molecule has 0 aromatic carbocycles. The van der Waals surface area contributed by atoms with E-state index < -0.39 is 0 Å². The average Bonchev–Trinajstić information content (AvgIpc) is 2.57. The monoisotopic (exact) mass is 197 g/mol. The summed E-state index contributed by atoms with van der Waals surface area (Å²) in [6, 6.07) is 0. The highest BCUT2D eigenvalue weighted by Crippen LogP contribution is 2.27. The highest BCUT2D eigenvalue weighted by atomic mass is 32.2. The maximum Gasteiger partial charge on any atom is 0.248 e. The summed E-state index contributed by atoms with van der Waals surface area (Å²) in [6.45, 7) is 0.631. The van der Waals surface area contributed by atoms with Crippen molar-refractivity contribution in [3.05, 3.63) is 11.1 Å². The number of hydrogen-bond donors (Lipinski definition) is 1. The summed E-state index contributed by atoms with van der Waals surface area (Å²) in [5.74, 6) is 1.57.